The Bertz CT molecular complexity index is 449. The number of nitrogens with two attached hydrogens (primary N) is 1. The molecular weight excluding hydrogens is 262 g/mol. The normalized spacial score (nSPS) is 10.5. The molecule has 1 amide bonds. The lowest BCUT2D eigenvalue weighted by Gasteiger charge is -2.28. The van der Waals surface area contributed by atoms with Crippen molar-refractivity contribution in [2.75, 3.05) is 37.8 Å². The second-order valence-corrected chi connectivity index (χ2v) is 5.67. The highest BCUT2D eigenvalue weighted by molar-refractivity contribution is 6.00. The molecule has 0 aliphatic heterocycles. The number of hydrogen-bond acceptors (Lipinski definition) is 3. The Hall–Kier alpha value is -1.71. The lowest BCUT2D eigenvalue weighted by Crippen LogP contribution is -2.30. The molecule has 0 unspecified atom stereocenters. The largest absolute Gasteiger partial charge is 0.399 e. The maximum Gasteiger partial charge on any atom is 0.255 e. The van der Waals surface area contributed by atoms with Crippen LogP contribution in [-0.4, -0.2) is 38.0 Å². The molecule has 0 saturated heterocycles. The van der Waals surface area contributed by atoms with E-state index in [1.807, 2.05) is 12.1 Å². The minimum absolute atomic E-state index is 0.0306. The molecule has 0 heterocycles. The molecule has 0 radical (unpaired) electrons. The van der Waals surface area contributed by atoms with Crippen LogP contribution in [0.3, 0.4) is 0 Å². The van der Waals surface area contributed by atoms with Crippen LogP contribution in [0.1, 0.15) is 49.9 Å². The summed E-state index contributed by atoms with van der Waals surface area (Å²) in [4.78, 5) is 16.3. The number of carbonyl (C=O) groups is 1. The van der Waals surface area contributed by atoms with Crippen LogP contribution in [0.2, 0.25) is 0 Å². The van der Waals surface area contributed by atoms with Crippen molar-refractivity contribution in [1.29, 1.82) is 0 Å². The third-order valence-corrected chi connectivity index (χ3v) is 3.56. The number of benzene rings is 1. The van der Waals surface area contributed by atoms with Crippen LogP contribution in [0.5, 0.6) is 0 Å². The molecule has 0 fully saturated rings. The summed E-state index contributed by atoms with van der Waals surface area (Å²) in [7, 11) is 3.57. The molecule has 0 aliphatic rings. The van der Waals surface area contributed by atoms with E-state index >= 15 is 0 Å². The third-order valence-electron chi connectivity index (χ3n) is 3.56. The van der Waals surface area contributed by atoms with Gasteiger partial charge in [0, 0.05) is 32.9 Å². The summed E-state index contributed by atoms with van der Waals surface area (Å²) in [5.41, 5.74) is 8.36. The number of amides is 1. The predicted molar refractivity (Wildman–Crippen MR) is 90.9 cm³/mol. The summed E-state index contributed by atoms with van der Waals surface area (Å²) >= 11 is 0. The lowest BCUT2D eigenvalue weighted by molar-refractivity contribution is 0.0828. The molecule has 21 heavy (non-hydrogen) atoms. The first kappa shape index (κ1) is 17.3. The molecule has 0 saturated carbocycles. The SMILES string of the molecule is CCCCN(CCCC)c1cc(N)ccc1C(=O)N(C)C. The maximum atomic E-state index is 12.4. The molecular formula is C17H29N3O. The van der Waals surface area contributed by atoms with E-state index in [4.69, 9.17) is 5.73 Å². The van der Waals surface area contributed by atoms with E-state index in [-0.39, 0.29) is 5.91 Å². The van der Waals surface area contributed by atoms with E-state index in [0.29, 0.717) is 5.69 Å². The number of unbranched alkanes of at least 4 members (excludes halogenated alkanes) is 2. The molecule has 1 rings (SSSR count). The van der Waals surface area contributed by atoms with Crippen LogP contribution in [0.4, 0.5) is 11.4 Å². The van der Waals surface area contributed by atoms with Crippen LogP contribution in [0.15, 0.2) is 18.2 Å². The van der Waals surface area contributed by atoms with E-state index in [0.717, 1.165) is 50.0 Å². The topological polar surface area (TPSA) is 49.6 Å². The lowest BCUT2D eigenvalue weighted by atomic mass is 10.1. The molecule has 0 aromatic heterocycles. The van der Waals surface area contributed by atoms with Crippen molar-refractivity contribution >= 4 is 17.3 Å². The van der Waals surface area contributed by atoms with Crippen LogP contribution < -0.4 is 10.6 Å². The zero-order valence-corrected chi connectivity index (χ0v) is 13.9. The number of rotatable bonds is 8. The summed E-state index contributed by atoms with van der Waals surface area (Å²) in [5.74, 6) is 0.0306. The van der Waals surface area contributed by atoms with Gasteiger partial charge >= 0.3 is 0 Å². The average Bonchev–Trinajstić information content (AvgIpc) is 2.46. The van der Waals surface area contributed by atoms with Crippen LogP contribution in [0.25, 0.3) is 0 Å². The van der Waals surface area contributed by atoms with Crippen molar-refractivity contribution in [3.8, 4) is 0 Å². The Morgan fingerprint density at radius 1 is 1.10 bits per heavy atom. The average molecular weight is 291 g/mol. The highest BCUT2D eigenvalue weighted by atomic mass is 16.2. The number of nitrogen functional groups attached to an aromatic ring is 1. The Morgan fingerprint density at radius 3 is 2.14 bits per heavy atom. The fraction of sp³-hybridized carbons (Fsp3) is 0.588. The summed E-state index contributed by atoms with van der Waals surface area (Å²) in [6.45, 7) is 6.30. The van der Waals surface area contributed by atoms with Gasteiger partial charge in [0.1, 0.15) is 0 Å². The Labute approximate surface area is 128 Å². The molecule has 0 atom stereocenters. The molecule has 0 bridgehead atoms. The van der Waals surface area contributed by atoms with Gasteiger partial charge in [-0.1, -0.05) is 26.7 Å². The van der Waals surface area contributed by atoms with Gasteiger partial charge in [-0.3, -0.25) is 4.79 Å². The maximum absolute atomic E-state index is 12.4. The molecule has 118 valence electrons. The first-order valence-electron chi connectivity index (χ1n) is 7.87. The zero-order valence-electron chi connectivity index (χ0n) is 13.9. The molecule has 1 aromatic carbocycles. The summed E-state index contributed by atoms with van der Waals surface area (Å²) in [6.07, 6.45) is 4.52. The first-order valence-corrected chi connectivity index (χ1v) is 7.87. The van der Waals surface area contributed by atoms with Gasteiger partial charge in [0.25, 0.3) is 5.91 Å². The van der Waals surface area contributed by atoms with Gasteiger partial charge in [0.05, 0.1) is 11.3 Å². The molecule has 0 aliphatic carbocycles. The molecule has 2 N–H and O–H groups in total. The highest BCUT2D eigenvalue weighted by Gasteiger charge is 2.18. The van der Waals surface area contributed by atoms with Gasteiger partial charge in [-0.2, -0.15) is 0 Å². The van der Waals surface area contributed by atoms with Crippen molar-refractivity contribution < 1.29 is 4.79 Å². The van der Waals surface area contributed by atoms with E-state index in [1.54, 1.807) is 25.1 Å². The molecule has 4 nitrogen and oxygen atoms in total. The van der Waals surface area contributed by atoms with Crippen LogP contribution in [0, 0.1) is 0 Å². The second-order valence-electron chi connectivity index (χ2n) is 5.67. The molecule has 4 heteroatoms. The van der Waals surface area contributed by atoms with Crippen molar-refractivity contribution in [2.24, 2.45) is 0 Å². The third kappa shape index (κ3) is 4.96. The Morgan fingerprint density at radius 2 is 1.67 bits per heavy atom. The fourth-order valence-corrected chi connectivity index (χ4v) is 2.28. The van der Waals surface area contributed by atoms with Crippen LogP contribution in [-0.2, 0) is 0 Å². The van der Waals surface area contributed by atoms with Crippen molar-refractivity contribution in [2.45, 2.75) is 39.5 Å². The number of hydrogen-bond donors (Lipinski definition) is 1. The van der Waals surface area contributed by atoms with E-state index in [9.17, 15) is 4.79 Å². The minimum atomic E-state index is 0.0306. The first-order chi connectivity index (χ1) is 10.0. The number of nitrogens with zero attached hydrogens (tertiary/aromatic N) is 2. The fourth-order valence-electron chi connectivity index (χ4n) is 2.28. The van der Waals surface area contributed by atoms with Crippen molar-refractivity contribution in [1.82, 2.24) is 4.90 Å². The van der Waals surface area contributed by atoms with Crippen molar-refractivity contribution in [3.63, 3.8) is 0 Å². The quantitative estimate of drug-likeness (QED) is 0.747. The standard InChI is InChI=1S/C17H29N3O/c1-5-7-11-20(12-8-6-2)16-13-14(18)9-10-15(16)17(21)19(3)4/h9-10,13H,5-8,11-12,18H2,1-4H3. The predicted octanol–water partition coefficient (Wildman–Crippen LogP) is 3.38. The monoisotopic (exact) mass is 291 g/mol. The van der Waals surface area contributed by atoms with E-state index in [1.165, 1.54) is 0 Å². The molecule has 1 aromatic rings. The van der Waals surface area contributed by atoms with Gasteiger partial charge < -0.3 is 15.5 Å². The number of anilines is 2. The van der Waals surface area contributed by atoms with E-state index in [2.05, 4.69) is 18.7 Å². The van der Waals surface area contributed by atoms with E-state index < -0.39 is 0 Å². The van der Waals surface area contributed by atoms with Crippen molar-refractivity contribution in [3.05, 3.63) is 23.8 Å². The van der Waals surface area contributed by atoms with Gasteiger partial charge in [0.15, 0.2) is 0 Å². The number of carbonyl (C=O) groups excluding carboxylic acids is 1. The smallest absolute Gasteiger partial charge is 0.255 e. The second kappa shape index (κ2) is 8.55. The van der Waals surface area contributed by atoms with Crippen LogP contribution >= 0.6 is 0 Å². The highest BCUT2D eigenvalue weighted by Crippen LogP contribution is 2.25. The minimum Gasteiger partial charge on any atom is -0.399 e. The zero-order chi connectivity index (χ0) is 15.8. The Kier molecular flexibility index (Phi) is 7.06. The summed E-state index contributed by atoms with van der Waals surface area (Å²) in [5, 5.41) is 0. The van der Waals surface area contributed by atoms with Gasteiger partial charge in [-0.25, -0.2) is 0 Å². The Balaban J connectivity index is 3.13. The molecule has 0 spiro atoms. The van der Waals surface area contributed by atoms with Gasteiger partial charge in [-0.05, 0) is 31.0 Å². The van der Waals surface area contributed by atoms with Gasteiger partial charge in [0.2, 0.25) is 0 Å². The summed E-state index contributed by atoms with van der Waals surface area (Å²) < 4.78 is 0. The summed E-state index contributed by atoms with van der Waals surface area (Å²) in [6, 6.07) is 5.58. The van der Waals surface area contributed by atoms with Gasteiger partial charge in [-0.15, -0.1) is 0 Å².